The lowest BCUT2D eigenvalue weighted by Crippen LogP contribution is -2.41. The molecule has 1 amide bonds. The summed E-state index contributed by atoms with van der Waals surface area (Å²) in [6.45, 7) is 8.65. The van der Waals surface area contributed by atoms with Crippen molar-refractivity contribution in [3.63, 3.8) is 0 Å². The number of rotatable bonds is 6. The monoisotopic (exact) mass is 329 g/mol. The molecule has 1 heterocycles. The number of Topliss-reactive ketones (excluding diaryl/α,β-unsaturated/α-hetero) is 1. The standard InChI is InChI=1S/C18H23N3O3/c1-12(2)20(16-9-7-6-8-10-16)17(23)11-24-21-15(5)19-13(3)18(21)14(4)22/h6-10,12H,11H2,1-5H3. The van der Waals surface area contributed by atoms with Gasteiger partial charge in [0.25, 0.3) is 5.91 Å². The maximum absolute atomic E-state index is 12.6. The Labute approximate surface area is 142 Å². The highest BCUT2D eigenvalue weighted by atomic mass is 16.7. The fourth-order valence-electron chi connectivity index (χ4n) is 2.71. The van der Waals surface area contributed by atoms with E-state index in [0.717, 1.165) is 5.69 Å². The Morgan fingerprint density at radius 2 is 1.83 bits per heavy atom. The Kier molecular flexibility index (Phi) is 5.39. The van der Waals surface area contributed by atoms with Crippen molar-refractivity contribution < 1.29 is 14.4 Å². The van der Waals surface area contributed by atoms with Crippen LogP contribution < -0.4 is 9.74 Å². The third kappa shape index (κ3) is 3.64. The molecule has 0 N–H and O–H groups in total. The molecule has 0 fully saturated rings. The van der Waals surface area contributed by atoms with Gasteiger partial charge >= 0.3 is 0 Å². The van der Waals surface area contributed by atoms with E-state index >= 15 is 0 Å². The van der Waals surface area contributed by atoms with E-state index in [1.165, 1.54) is 11.7 Å². The van der Waals surface area contributed by atoms with Crippen molar-refractivity contribution in [3.8, 4) is 0 Å². The zero-order valence-corrected chi connectivity index (χ0v) is 14.7. The highest BCUT2D eigenvalue weighted by Gasteiger charge is 2.22. The SMILES string of the molecule is CC(=O)c1c(C)nc(C)n1OCC(=O)N(c1ccccc1)C(C)C. The van der Waals surface area contributed by atoms with Gasteiger partial charge in [0.1, 0.15) is 11.5 Å². The zero-order chi connectivity index (χ0) is 17.9. The molecule has 0 saturated heterocycles. The largest absolute Gasteiger partial charge is 0.402 e. The molecule has 0 radical (unpaired) electrons. The van der Waals surface area contributed by atoms with Crippen molar-refractivity contribution in [2.24, 2.45) is 0 Å². The lowest BCUT2D eigenvalue weighted by molar-refractivity contribution is -0.123. The summed E-state index contributed by atoms with van der Waals surface area (Å²) in [5.41, 5.74) is 1.78. The van der Waals surface area contributed by atoms with Crippen LogP contribution in [0.15, 0.2) is 30.3 Å². The molecule has 0 unspecified atom stereocenters. The first-order chi connectivity index (χ1) is 11.3. The molecule has 0 aliphatic carbocycles. The van der Waals surface area contributed by atoms with Gasteiger partial charge in [-0.3, -0.25) is 9.59 Å². The molecule has 6 nitrogen and oxygen atoms in total. The lowest BCUT2D eigenvalue weighted by Gasteiger charge is -2.27. The van der Waals surface area contributed by atoms with Crippen LogP contribution in [0.1, 0.15) is 42.8 Å². The van der Waals surface area contributed by atoms with Gasteiger partial charge in [0.2, 0.25) is 0 Å². The number of para-hydroxylation sites is 1. The first-order valence-electron chi connectivity index (χ1n) is 7.90. The number of imidazole rings is 1. The van der Waals surface area contributed by atoms with Crippen LogP contribution in [0.5, 0.6) is 0 Å². The van der Waals surface area contributed by atoms with E-state index < -0.39 is 0 Å². The third-order valence-electron chi connectivity index (χ3n) is 3.64. The number of aryl methyl sites for hydroxylation is 2. The molecular weight excluding hydrogens is 306 g/mol. The van der Waals surface area contributed by atoms with Crippen LogP contribution in [0.2, 0.25) is 0 Å². The van der Waals surface area contributed by atoms with E-state index in [0.29, 0.717) is 17.2 Å². The zero-order valence-electron chi connectivity index (χ0n) is 14.7. The summed E-state index contributed by atoms with van der Waals surface area (Å²) in [4.78, 5) is 35.9. The maximum Gasteiger partial charge on any atom is 0.267 e. The van der Waals surface area contributed by atoms with Crippen LogP contribution in [0.4, 0.5) is 5.69 Å². The molecule has 0 atom stereocenters. The first kappa shape index (κ1) is 17.7. The number of aromatic nitrogens is 2. The van der Waals surface area contributed by atoms with Crippen molar-refractivity contribution in [1.29, 1.82) is 0 Å². The average Bonchev–Trinajstić information content (AvgIpc) is 2.80. The fourth-order valence-corrected chi connectivity index (χ4v) is 2.71. The van der Waals surface area contributed by atoms with Crippen LogP contribution in [-0.2, 0) is 4.79 Å². The van der Waals surface area contributed by atoms with Gasteiger partial charge in [-0.15, -0.1) is 0 Å². The normalized spacial score (nSPS) is 10.8. The molecule has 0 bridgehead atoms. The molecule has 0 aliphatic rings. The Hall–Kier alpha value is -2.63. The average molecular weight is 329 g/mol. The van der Waals surface area contributed by atoms with Crippen molar-refractivity contribution in [2.75, 3.05) is 11.5 Å². The van der Waals surface area contributed by atoms with Gasteiger partial charge in [-0.1, -0.05) is 18.2 Å². The number of ketones is 1. The van der Waals surface area contributed by atoms with E-state index in [-0.39, 0.29) is 24.3 Å². The number of nitrogens with zero attached hydrogens (tertiary/aromatic N) is 3. The van der Waals surface area contributed by atoms with Crippen molar-refractivity contribution >= 4 is 17.4 Å². The molecule has 24 heavy (non-hydrogen) atoms. The quantitative estimate of drug-likeness (QED) is 0.764. The van der Waals surface area contributed by atoms with Gasteiger partial charge in [0, 0.05) is 18.7 Å². The predicted octanol–water partition coefficient (Wildman–Crippen LogP) is 2.57. The van der Waals surface area contributed by atoms with Gasteiger partial charge in [0.15, 0.2) is 12.4 Å². The first-order valence-corrected chi connectivity index (χ1v) is 7.90. The Bertz CT molecular complexity index is 735. The summed E-state index contributed by atoms with van der Waals surface area (Å²) in [5, 5.41) is 0. The molecule has 1 aromatic heterocycles. The molecular formula is C18H23N3O3. The Morgan fingerprint density at radius 3 is 2.38 bits per heavy atom. The Morgan fingerprint density at radius 1 is 1.21 bits per heavy atom. The number of carbonyl (C=O) groups is 2. The molecule has 2 rings (SSSR count). The number of hydrogen-bond donors (Lipinski definition) is 0. The summed E-state index contributed by atoms with van der Waals surface area (Å²) in [7, 11) is 0. The summed E-state index contributed by atoms with van der Waals surface area (Å²) in [6, 6.07) is 9.42. The minimum absolute atomic E-state index is 0.0126. The topological polar surface area (TPSA) is 64.4 Å². The highest BCUT2D eigenvalue weighted by molar-refractivity contribution is 5.95. The molecule has 0 spiro atoms. The molecule has 2 aromatic rings. The van der Waals surface area contributed by atoms with E-state index in [1.807, 2.05) is 44.2 Å². The second kappa shape index (κ2) is 7.29. The molecule has 0 aliphatic heterocycles. The van der Waals surface area contributed by atoms with Gasteiger partial charge < -0.3 is 9.74 Å². The number of carbonyl (C=O) groups excluding carboxylic acids is 2. The fraction of sp³-hybridized carbons (Fsp3) is 0.389. The summed E-state index contributed by atoms with van der Waals surface area (Å²) in [5.74, 6) is 0.210. The lowest BCUT2D eigenvalue weighted by atomic mass is 10.2. The van der Waals surface area contributed by atoms with Crippen LogP contribution in [-0.4, -0.2) is 34.1 Å². The number of hydrogen-bond acceptors (Lipinski definition) is 4. The smallest absolute Gasteiger partial charge is 0.267 e. The van der Waals surface area contributed by atoms with Crippen molar-refractivity contribution in [3.05, 3.63) is 47.5 Å². The van der Waals surface area contributed by atoms with Gasteiger partial charge in [-0.2, -0.15) is 4.73 Å². The van der Waals surface area contributed by atoms with Crippen LogP contribution >= 0.6 is 0 Å². The summed E-state index contributed by atoms with van der Waals surface area (Å²) in [6.07, 6.45) is 0. The maximum atomic E-state index is 12.6. The van der Waals surface area contributed by atoms with E-state index in [4.69, 9.17) is 4.84 Å². The number of anilines is 1. The Balaban J connectivity index is 2.19. The van der Waals surface area contributed by atoms with Crippen molar-refractivity contribution in [2.45, 2.75) is 40.7 Å². The van der Waals surface area contributed by atoms with Gasteiger partial charge in [-0.25, -0.2) is 4.98 Å². The highest BCUT2D eigenvalue weighted by Crippen LogP contribution is 2.17. The summed E-state index contributed by atoms with van der Waals surface area (Å²) < 4.78 is 1.35. The van der Waals surface area contributed by atoms with E-state index in [1.54, 1.807) is 18.7 Å². The van der Waals surface area contributed by atoms with Gasteiger partial charge in [-0.05, 0) is 39.8 Å². The minimum atomic E-state index is -0.184. The molecule has 6 heteroatoms. The van der Waals surface area contributed by atoms with Crippen LogP contribution in [0, 0.1) is 13.8 Å². The van der Waals surface area contributed by atoms with Crippen LogP contribution in [0.3, 0.4) is 0 Å². The van der Waals surface area contributed by atoms with E-state index in [2.05, 4.69) is 4.98 Å². The van der Waals surface area contributed by atoms with Crippen molar-refractivity contribution in [1.82, 2.24) is 9.71 Å². The predicted molar refractivity (Wildman–Crippen MR) is 92.2 cm³/mol. The van der Waals surface area contributed by atoms with E-state index in [9.17, 15) is 9.59 Å². The summed E-state index contributed by atoms with van der Waals surface area (Å²) >= 11 is 0. The minimum Gasteiger partial charge on any atom is -0.402 e. The number of amides is 1. The number of benzene rings is 1. The molecule has 1 aromatic carbocycles. The van der Waals surface area contributed by atoms with Gasteiger partial charge in [0.05, 0.1) is 5.69 Å². The third-order valence-corrected chi connectivity index (χ3v) is 3.64. The van der Waals surface area contributed by atoms with Crippen LogP contribution in [0.25, 0.3) is 0 Å². The second-order valence-electron chi connectivity index (χ2n) is 5.91. The molecule has 128 valence electrons. The second-order valence-corrected chi connectivity index (χ2v) is 5.91. The molecule has 0 saturated carbocycles.